The molecular formula is C13H16N4O4. The van der Waals surface area contributed by atoms with Crippen molar-refractivity contribution in [3.8, 4) is 5.69 Å². The maximum atomic E-state index is 11.8. The lowest BCUT2D eigenvalue weighted by atomic mass is 10.3. The third-order valence-corrected chi connectivity index (χ3v) is 2.60. The molecule has 0 aliphatic carbocycles. The van der Waals surface area contributed by atoms with Gasteiger partial charge in [-0.2, -0.15) is 4.68 Å². The number of aromatic nitrogens is 3. The molecule has 0 aliphatic rings. The summed E-state index contributed by atoms with van der Waals surface area (Å²) >= 11 is 0. The maximum Gasteiger partial charge on any atom is 0.348 e. The molecule has 21 heavy (non-hydrogen) atoms. The number of ether oxygens (including phenoxy) is 1. The smallest absolute Gasteiger partial charge is 0.348 e. The largest absolute Gasteiger partial charge is 0.394 e. The summed E-state index contributed by atoms with van der Waals surface area (Å²) < 4.78 is 6.13. The van der Waals surface area contributed by atoms with Crippen molar-refractivity contribution >= 4 is 5.91 Å². The molecule has 1 aromatic heterocycles. The van der Waals surface area contributed by atoms with Crippen LogP contribution in [0.4, 0.5) is 0 Å². The molecule has 2 aromatic rings. The Morgan fingerprint density at radius 3 is 2.81 bits per heavy atom. The van der Waals surface area contributed by atoms with Crippen molar-refractivity contribution in [3.05, 3.63) is 46.6 Å². The normalized spacial score (nSPS) is 10.5. The number of benzene rings is 1. The Morgan fingerprint density at radius 2 is 2.10 bits per heavy atom. The Hall–Kier alpha value is -2.45. The van der Waals surface area contributed by atoms with Crippen molar-refractivity contribution in [2.45, 2.75) is 0 Å². The number of para-hydroxylation sites is 1. The summed E-state index contributed by atoms with van der Waals surface area (Å²) in [6.45, 7) is 0.688. The van der Waals surface area contributed by atoms with Crippen LogP contribution in [0.3, 0.4) is 0 Å². The number of hydrogen-bond acceptors (Lipinski definition) is 5. The van der Waals surface area contributed by atoms with Gasteiger partial charge in [0.1, 0.15) is 0 Å². The number of aliphatic hydroxyl groups is 1. The highest BCUT2D eigenvalue weighted by molar-refractivity contribution is 5.90. The molecule has 8 nitrogen and oxygen atoms in total. The van der Waals surface area contributed by atoms with Gasteiger partial charge < -0.3 is 15.2 Å². The Balaban J connectivity index is 1.99. The maximum absolute atomic E-state index is 11.8. The number of rotatable bonds is 7. The van der Waals surface area contributed by atoms with Gasteiger partial charge in [0.2, 0.25) is 5.82 Å². The Kier molecular flexibility index (Phi) is 5.24. The lowest BCUT2D eigenvalue weighted by Gasteiger charge is -2.03. The first-order chi connectivity index (χ1) is 10.2. The van der Waals surface area contributed by atoms with Crippen LogP contribution < -0.4 is 11.0 Å². The van der Waals surface area contributed by atoms with Crippen LogP contribution in [-0.4, -0.2) is 52.1 Å². The number of carbonyl (C=O) groups is 1. The molecule has 8 heteroatoms. The minimum Gasteiger partial charge on any atom is -0.394 e. The molecule has 1 aromatic carbocycles. The topological polar surface area (TPSA) is 109 Å². The first-order valence-corrected chi connectivity index (χ1v) is 6.44. The molecule has 1 amide bonds. The van der Waals surface area contributed by atoms with E-state index in [-0.39, 0.29) is 32.2 Å². The van der Waals surface area contributed by atoms with Crippen molar-refractivity contribution in [3.63, 3.8) is 0 Å². The Bertz CT molecular complexity index is 635. The van der Waals surface area contributed by atoms with Crippen LogP contribution >= 0.6 is 0 Å². The van der Waals surface area contributed by atoms with Gasteiger partial charge in [-0.05, 0) is 12.1 Å². The molecule has 1 heterocycles. The molecule has 0 saturated carbocycles. The standard InChI is InChI=1S/C13H16N4O4/c18-7-9-21-8-6-14-12(19)11-15-13(20)17(16-11)10-4-2-1-3-5-10/h1-5,18H,6-9H2,(H,14,19)(H,15,16,20). The number of carbonyl (C=O) groups excluding carboxylic acids is 1. The first kappa shape index (κ1) is 14.9. The first-order valence-electron chi connectivity index (χ1n) is 6.44. The molecule has 3 N–H and O–H groups in total. The van der Waals surface area contributed by atoms with E-state index in [4.69, 9.17) is 9.84 Å². The number of nitrogens with zero attached hydrogens (tertiary/aromatic N) is 2. The van der Waals surface area contributed by atoms with E-state index in [0.717, 1.165) is 4.68 Å². The highest BCUT2D eigenvalue weighted by Crippen LogP contribution is 2.01. The summed E-state index contributed by atoms with van der Waals surface area (Å²) in [5.41, 5.74) is 0.0898. The Labute approximate surface area is 120 Å². The van der Waals surface area contributed by atoms with E-state index in [1.807, 2.05) is 6.07 Å². The third kappa shape index (κ3) is 4.01. The summed E-state index contributed by atoms with van der Waals surface area (Å²) in [7, 11) is 0. The SMILES string of the molecule is O=C(NCCOCCO)c1nn(-c2ccccc2)c(=O)[nH]1. The van der Waals surface area contributed by atoms with Crippen LogP contribution in [0.25, 0.3) is 5.69 Å². The second-order valence-corrected chi connectivity index (χ2v) is 4.12. The van der Waals surface area contributed by atoms with Gasteiger partial charge in [-0.25, -0.2) is 4.79 Å². The van der Waals surface area contributed by atoms with Gasteiger partial charge in [0.25, 0.3) is 5.91 Å². The van der Waals surface area contributed by atoms with Gasteiger partial charge in [0.15, 0.2) is 0 Å². The Morgan fingerprint density at radius 1 is 1.33 bits per heavy atom. The number of aliphatic hydroxyl groups excluding tert-OH is 1. The van der Waals surface area contributed by atoms with Crippen LogP contribution in [0.15, 0.2) is 35.1 Å². The van der Waals surface area contributed by atoms with Crippen LogP contribution in [-0.2, 0) is 4.74 Å². The van der Waals surface area contributed by atoms with Gasteiger partial charge in [0.05, 0.1) is 25.5 Å². The minimum absolute atomic E-state index is 0.0639. The molecule has 0 saturated heterocycles. The number of amides is 1. The van der Waals surface area contributed by atoms with Gasteiger partial charge in [-0.15, -0.1) is 5.10 Å². The van der Waals surface area contributed by atoms with E-state index in [2.05, 4.69) is 15.4 Å². The summed E-state index contributed by atoms with van der Waals surface area (Å²) in [6, 6.07) is 8.80. The lowest BCUT2D eigenvalue weighted by molar-refractivity contribution is 0.0832. The third-order valence-electron chi connectivity index (χ3n) is 2.60. The second kappa shape index (κ2) is 7.36. The van der Waals surface area contributed by atoms with Gasteiger partial charge >= 0.3 is 5.69 Å². The average Bonchev–Trinajstić information content (AvgIpc) is 2.90. The molecule has 2 rings (SSSR count). The van der Waals surface area contributed by atoms with Crippen LogP contribution in [0.2, 0.25) is 0 Å². The van der Waals surface area contributed by atoms with E-state index < -0.39 is 11.6 Å². The van der Waals surface area contributed by atoms with Gasteiger partial charge in [-0.1, -0.05) is 18.2 Å². The molecular weight excluding hydrogens is 276 g/mol. The molecule has 0 aliphatic heterocycles. The van der Waals surface area contributed by atoms with Crippen LogP contribution in [0.5, 0.6) is 0 Å². The summed E-state index contributed by atoms with van der Waals surface area (Å²) in [6.07, 6.45) is 0. The summed E-state index contributed by atoms with van der Waals surface area (Å²) in [5.74, 6) is -0.555. The van der Waals surface area contributed by atoms with Crippen molar-refractivity contribution in [2.75, 3.05) is 26.4 Å². The van der Waals surface area contributed by atoms with E-state index in [1.54, 1.807) is 24.3 Å². The zero-order valence-electron chi connectivity index (χ0n) is 11.3. The fraction of sp³-hybridized carbons (Fsp3) is 0.308. The number of aromatic amines is 1. The molecule has 0 radical (unpaired) electrons. The second-order valence-electron chi connectivity index (χ2n) is 4.12. The van der Waals surface area contributed by atoms with E-state index in [1.165, 1.54) is 0 Å². The number of H-pyrrole nitrogens is 1. The van der Waals surface area contributed by atoms with Crippen LogP contribution in [0, 0.1) is 0 Å². The van der Waals surface area contributed by atoms with Crippen LogP contribution in [0.1, 0.15) is 10.6 Å². The van der Waals surface area contributed by atoms with E-state index in [9.17, 15) is 9.59 Å². The minimum atomic E-state index is -0.491. The zero-order valence-corrected chi connectivity index (χ0v) is 11.3. The van der Waals surface area contributed by atoms with Crippen molar-refractivity contribution in [1.82, 2.24) is 20.1 Å². The fourth-order valence-corrected chi connectivity index (χ4v) is 1.66. The highest BCUT2D eigenvalue weighted by atomic mass is 16.5. The fourth-order valence-electron chi connectivity index (χ4n) is 1.66. The molecule has 112 valence electrons. The zero-order chi connectivity index (χ0) is 15.1. The molecule has 0 atom stereocenters. The summed E-state index contributed by atoms with van der Waals surface area (Å²) in [5, 5.41) is 15.0. The lowest BCUT2D eigenvalue weighted by Crippen LogP contribution is -2.28. The predicted molar refractivity (Wildman–Crippen MR) is 74.4 cm³/mol. The van der Waals surface area contributed by atoms with E-state index in [0.29, 0.717) is 5.69 Å². The van der Waals surface area contributed by atoms with E-state index >= 15 is 0 Å². The number of hydrogen-bond donors (Lipinski definition) is 3. The molecule has 0 spiro atoms. The monoisotopic (exact) mass is 292 g/mol. The van der Waals surface area contributed by atoms with Crippen molar-refractivity contribution in [2.24, 2.45) is 0 Å². The molecule has 0 bridgehead atoms. The highest BCUT2D eigenvalue weighted by Gasteiger charge is 2.13. The van der Waals surface area contributed by atoms with Crippen molar-refractivity contribution < 1.29 is 14.6 Å². The number of nitrogens with one attached hydrogen (secondary N) is 2. The van der Waals surface area contributed by atoms with Gasteiger partial charge in [-0.3, -0.25) is 9.78 Å². The van der Waals surface area contributed by atoms with Crippen molar-refractivity contribution in [1.29, 1.82) is 0 Å². The van der Waals surface area contributed by atoms with Gasteiger partial charge in [0, 0.05) is 6.54 Å². The average molecular weight is 292 g/mol. The quantitative estimate of drug-likeness (QED) is 0.585. The molecule has 0 unspecified atom stereocenters. The molecule has 0 fully saturated rings. The predicted octanol–water partition coefficient (Wildman–Crippen LogP) is -0.701. The summed E-state index contributed by atoms with van der Waals surface area (Å²) in [4.78, 5) is 26.0.